The van der Waals surface area contributed by atoms with Gasteiger partial charge in [0.15, 0.2) is 6.29 Å². The lowest BCUT2D eigenvalue weighted by Crippen LogP contribution is -2.69. The van der Waals surface area contributed by atoms with E-state index in [2.05, 4.69) is 19.6 Å². The summed E-state index contributed by atoms with van der Waals surface area (Å²) in [4.78, 5) is 34.4. The number of hydrogen-bond acceptors (Lipinski definition) is 10. The second kappa shape index (κ2) is 24.2. The fraction of sp³-hybridized carbons (Fsp3) is 0.635. The summed E-state index contributed by atoms with van der Waals surface area (Å²) in [7, 11) is 3.40. The summed E-state index contributed by atoms with van der Waals surface area (Å²) >= 11 is 0. The number of ether oxygens (including phenoxy) is 4. The number of benzene rings is 2. The van der Waals surface area contributed by atoms with Gasteiger partial charge in [0.2, 0.25) is 11.7 Å². The van der Waals surface area contributed by atoms with Gasteiger partial charge in [-0.1, -0.05) is 88.4 Å². The first-order valence-electron chi connectivity index (χ1n) is 23.8. The number of hydrogen-bond donors (Lipinski definition) is 2. The Kier molecular flexibility index (Phi) is 19.1. The zero-order chi connectivity index (χ0) is 45.4. The summed E-state index contributed by atoms with van der Waals surface area (Å²) in [6, 6.07) is 10.4. The van der Waals surface area contributed by atoms with Crippen molar-refractivity contribution in [1.29, 1.82) is 0 Å². The monoisotopic (exact) mass is 873 g/mol. The minimum Gasteiger partial charge on any atom is -0.496 e. The number of fused-ring (bicyclic) bond motifs is 2. The van der Waals surface area contributed by atoms with E-state index in [0.29, 0.717) is 54.2 Å². The fourth-order valence-electron chi connectivity index (χ4n) is 9.92. The van der Waals surface area contributed by atoms with Gasteiger partial charge >= 0.3 is 0 Å². The Morgan fingerprint density at radius 1 is 0.937 bits per heavy atom. The molecule has 1 aliphatic heterocycles. The number of likely N-dealkylation sites (N-methyl/N-ethyl adjacent to an activating group) is 1. The van der Waals surface area contributed by atoms with E-state index in [0.717, 1.165) is 68.1 Å². The van der Waals surface area contributed by atoms with Crippen molar-refractivity contribution in [2.24, 2.45) is 22.9 Å². The quantitative estimate of drug-likeness (QED) is 0.0389. The predicted molar refractivity (Wildman–Crippen MR) is 249 cm³/mol. The molecule has 6 unspecified atom stereocenters. The second-order valence-corrected chi connectivity index (χ2v) is 18.7. The number of unbranched alkanes of at least 4 members (excludes halogenated alkanes) is 10. The van der Waals surface area contributed by atoms with Crippen molar-refractivity contribution in [3.05, 3.63) is 71.8 Å². The molecule has 348 valence electrons. The van der Waals surface area contributed by atoms with Gasteiger partial charge in [0.25, 0.3) is 0 Å². The van der Waals surface area contributed by atoms with Crippen molar-refractivity contribution in [1.82, 2.24) is 4.90 Å². The van der Waals surface area contributed by atoms with Crippen molar-refractivity contribution in [2.75, 3.05) is 34.0 Å². The maximum Gasteiger partial charge on any atom is 0.239 e. The first-order valence-corrected chi connectivity index (χ1v) is 23.8. The van der Waals surface area contributed by atoms with E-state index in [1.54, 1.807) is 24.3 Å². The summed E-state index contributed by atoms with van der Waals surface area (Å²) in [5.41, 5.74) is 2.52. The molecule has 11 heteroatoms. The van der Waals surface area contributed by atoms with Gasteiger partial charge in [-0.15, -0.1) is 6.58 Å². The van der Waals surface area contributed by atoms with Gasteiger partial charge in [-0.25, -0.2) is 0 Å². The van der Waals surface area contributed by atoms with Crippen LogP contribution in [0.1, 0.15) is 159 Å². The number of nitrogens with zero attached hydrogens (tertiary/aromatic N) is 2. The minimum absolute atomic E-state index is 0.0362. The molecule has 1 heterocycles. The molecule has 1 amide bonds. The maximum absolute atomic E-state index is 14.4. The standard InChI is InChI=1S/C52H76N2O9/c1-8-10-11-12-13-14-15-16-17-24-48(58)54(6)47-35-44(53-63-51(3,4)5)42-33-37(22-18-20-29-55)41(23-19-21-30-56)49-43-34-40(61-39-25-27-45(59-7)38(32-39)36-57)26-28-46(43)62-52(47,50(42)49)60-31-9-2/h9,25-28,32-34,36-37,41,47,49-50,55-56H,2,8,10-24,29-31,35H2,1,3-7H3. The van der Waals surface area contributed by atoms with Gasteiger partial charge in [-0.3, -0.25) is 9.59 Å². The van der Waals surface area contributed by atoms with Crippen molar-refractivity contribution in [3.8, 4) is 23.0 Å². The van der Waals surface area contributed by atoms with Crippen LogP contribution in [0.4, 0.5) is 0 Å². The molecule has 2 aliphatic carbocycles. The summed E-state index contributed by atoms with van der Waals surface area (Å²) in [6.45, 7) is 12.6. The Morgan fingerprint density at radius 3 is 2.25 bits per heavy atom. The first kappa shape index (κ1) is 49.8. The molecular formula is C52H76N2O9. The molecule has 2 N–H and O–H groups in total. The van der Waals surface area contributed by atoms with Crippen molar-refractivity contribution in [2.45, 2.75) is 160 Å². The van der Waals surface area contributed by atoms with Crippen molar-refractivity contribution < 1.29 is 43.6 Å². The number of aliphatic hydroxyl groups is 2. The Hall–Kier alpha value is -4.19. The molecular weight excluding hydrogens is 797 g/mol. The van der Waals surface area contributed by atoms with E-state index in [4.69, 9.17) is 28.9 Å². The number of carbonyl (C=O) groups is 2. The highest BCUT2D eigenvalue weighted by molar-refractivity contribution is 6.03. The van der Waals surface area contributed by atoms with E-state index in [9.17, 15) is 19.8 Å². The highest BCUT2D eigenvalue weighted by atomic mass is 16.7. The van der Waals surface area contributed by atoms with Crippen LogP contribution in [0.15, 0.2) is 65.9 Å². The van der Waals surface area contributed by atoms with Crippen LogP contribution in [0.3, 0.4) is 0 Å². The van der Waals surface area contributed by atoms with Gasteiger partial charge in [0, 0.05) is 44.6 Å². The number of carbonyl (C=O) groups excluding carboxylic acids is 2. The van der Waals surface area contributed by atoms with Crippen LogP contribution in [0, 0.1) is 17.8 Å². The average Bonchev–Trinajstić information content (AvgIpc) is 3.27. The van der Waals surface area contributed by atoms with Crippen LogP contribution in [0.5, 0.6) is 23.0 Å². The third kappa shape index (κ3) is 12.8. The van der Waals surface area contributed by atoms with Crippen molar-refractivity contribution >= 4 is 17.9 Å². The Labute approximate surface area is 377 Å². The molecule has 6 atom stereocenters. The van der Waals surface area contributed by atoms with Gasteiger partial charge in [0.1, 0.15) is 34.6 Å². The number of allylic oxidation sites excluding steroid dienone is 1. The molecule has 2 aromatic rings. The Bertz CT molecular complexity index is 1850. The highest BCUT2D eigenvalue weighted by Crippen LogP contribution is 2.62. The first-order chi connectivity index (χ1) is 30.4. The molecule has 63 heavy (non-hydrogen) atoms. The zero-order valence-electron chi connectivity index (χ0n) is 39.1. The third-order valence-corrected chi connectivity index (χ3v) is 13.0. The van der Waals surface area contributed by atoms with E-state index < -0.39 is 23.3 Å². The van der Waals surface area contributed by atoms with Crippen LogP contribution in [-0.2, 0) is 14.4 Å². The number of oxime groups is 1. The highest BCUT2D eigenvalue weighted by Gasteiger charge is 2.65. The number of aldehydes is 1. The minimum atomic E-state index is -1.32. The summed E-state index contributed by atoms with van der Waals surface area (Å²) in [5, 5.41) is 24.8. The number of aliphatic hydroxyl groups excluding tert-OH is 2. The summed E-state index contributed by atoms with van der Waals surface area (Å²) < 4.78 is 26.2. The maximum atomic E-state index is 14.4. The predicted octanol–water partition coefficient (Wildman–Crippen LogP) is 11.1. The third-order valence-electron chi connectivity index (χ3n) is 13.0. The number of amides is 1. The van der Waals surface area contributed by atoms with Crippen LogP contribution >= 0.6 is 0 Å². The molecule has 2 aromatic carbocycles. The molecule has 0 bridgehead atoms. The van der Waals surface area contributed by atoms with E-state index in [1.165, 1.54) is 45.6 Å². The van der Waals surface area contributed by atoms with Gasteiger partial charge in [-0.05, 0) is 107 Å². The second-order valence-electron chi connectivity index (χ2n) is 18.7. The van der Waals surface area contributed by atoms with Gasteiger partial charge < -0.3 is 38.9 Å². The van der Waals surface area contributed by atoms with E-state index >= 15 is 0 Å². The summed E-state index contributed by atoms with van der Waals surface area (Å²) in [5.74, 6) is 0.454. The van der Waals surface area contributed by atoms with Crippen molar-refractivity contribution in [3.63, 3.8) is 0 Å². The zero-order valence-corrected chi connectivity index (χ0v) is 39.1. The Balaban J connectivity index is 1.63. The van der Waals surface area contributed by atoms with Crippen LogP contribution in [0.25, 0.3) is 0 Å². The molecule has 1 saturated carbocycles. The lowest BCUT2D eigenvalue weighted by molar-refractivity contribution is -0.255. The molecule has 0 spiro atoms. The molecule has 3 aliphatic rings. The van der Waals surface area contributed by atoms with Gasteiger partial charge in [-0.2, -0.15) is 0 Å². The lowest BCUT2D eigenvalue weighted by atomic mass is 9.55. The van der Waals surface area contributed by atoms with Gasteiger partial charge in [0.05, 0.1) is 30.9 Å². The largest absolute Gasteiger partial charge is 0.496 e. The lowest BCUT2D eigenvalue weighted by Gasteiger charge is -2.59. The molecule has 11 nitrogen and oxygen atoms in total. The Morgan fingerprint density at radius 2 is 1.60 bits per heavy atom. The average molecular weight is 873 g/mol. The summed E-state index contributed by atoms with van der Waals surface area (Å²) in [6.07, 6.45) is 20.8. The van der Waals surface area contributed by atoms with Crippen LogP contribution in [0.2, 0.25) is 0 Å². The molecule has 0 saturated heterocycles. The topological polar surface area (TPSA) is 136 Å². The normalized spacial score (nSPS) is 23.2. The molecule has 0 aromatic heterocycles. The molecule has 1 fully saturated rings. The smallest absolute Gasteiger partial charge is 0.239 e. The molecule has 5 rings (SSSR count). The number of rotatable bonds is 27. The number of methoxy groups -OCH3 is 1. The van der Waals surface area contributed by atoms with E-state index in [1.807, 2.05) is 50.9 Å². The fourth-order valence-corrected chi connectivity index (χ4v) is 9.92. The SMILES string of the molecule is C=CCOC12Oc3ccc(Oc4ccc(OC)c(C=O)c4)cc3C3C(CCCCO)C(CCCCO)C=C(C(=NOC(C)(C)C)CC1N(C)C(=O)CCCCCCCCCCC)C32. The molecule has 0 radical (unpaired) electrons. The van der Waals surface area contributed by atoms with Crippen LogP contribution < -0.4 is 14.2 Å². The van der Waals surface area contributed by atoms with E-state index in [-0.39, 0.29) is 43.5 Å². The van der Waals surface area contributed by atoms with Crippen LogP contribution in [-0.4, -0.2) is 84.4 Å².